The van der Waals surface area contributed by atoms with Crippen LogP contribution in [0.3, 0.4) is 0 Å². The van der Waals surface area contributed by atoms with Crippen LogP contribution in [0.2, 0.25) is 0 Å². The van der Waals surface area contributed by atoms with Gasteiger partial charge in [0.05, 0.1) is 17.3 Å². The van der Waals surface area contributed by atoms with E-state index >= 15 is 0 Å². The van der Waals surface area contributed by atoms with E-state index in [1.54, 1.807) is 13.8 Å². The van der Waals surface area contributed by atoms with E-state index in [1.807, 2.05) is 13.0 Å². The first-order chi connectivity index (χ1) is 19.6. The number of carbonyl (C=O) groups is 4. The summed E-state index contributed by atoms with van der Waals surface area (Å²) in [4.78, 5) is 51.4. The summed E-state index contributed by atoms with van der Waals surface area (Å²) >= 11 is 0. The van der Waals surface area contributed by atoms with Crippen LogP contribution in [0.1, 0.15) is 127 Å². The molecule has 7 heteroatoms. The first kappa shape index (κ1) is 32.2. The molecule has 0 bridgehead atoms. The van der Waals surface area contributed by atoms with E-state index in [9.17, 15) is 29.4 Å². The van der Waals surface area contributed by atoms with Crippen LogP contribution in [0.25, 0.3) is 0 Å². The molecule has 0 aromatic heterocycles. The Kier molecular flexibility index (Phi) is 7.24. The van der Waals surface area contributed by atoms with Crippen molar-refractivity contribution in [1.82, 2.24) is 0 Å². The molecule has 4 saturated carbocycles. The van der Waals surface area contributed by atoms with Gasteiger partial charge in [-0.05, 0) is 118 Å². The number of allylic oxidation sites excluding steroid dienone is 2. The number of carboxylic acids is 2. The Hall–Kier alpha value is -2.18. The fraction of sp³-hybridized carbons (Fsp3) is 0.833. The van der Waals surface area contributed by atoms with Crippen molar-refractivity contribution in [3.8, 4) is 0 Å². The van der Waals surface area contributed by atoms with E-state index in [-0.39, 0.29) is 63.1 Å². The zero-order valence-electron chi connectivity index (χ0n) is 27.9. The van der Waals surface area contributed by atoms with E-state index in [0.717, 1.165) is 38.5 Å². The van der Waals surface area contributed by atoms with Crippen molar-refractivity contribution in [2.45, 2.75) is 133 Å². The molecule has 43 heavy (non-hydrogen) atoms. The number of esters is 1. The maximum Gasteiger partial charge on any atom is 0.309 e. The van der Waals surface area contributed by atoms with Gasteiger partial charge in [-0.3, -0.25) is 19.2 Å². The second-order valence-electron chi connectivity index (χ2n) is 17.8. The minimum Gasteiger partial charge on any atom is -0.481 e. The van der Waals surface area contributed by atoms with Gasteiger partial charge in [-0.25, -0.2) is 0 Å². The fourth-order valence-corrected chi connectivity index (χ4v) is 11.2. The number of carboxylic acid groups (broad SMARTS) is 2. The number of aliphatic carboxylic acids is 2. The van der Waals surface area contributed by atoms with Gasteiger partial charge in [-0.2, -0.15) is 0 Å². The molecule has 0 aromatic carbocycles. The molecule has 0 radical (unpaired) electrons. The molecule has 4 fully saturated rings. The lowest BCUT2D eigenvalue weighted by atomic mass is 9.33. The van der Waals surface area contributed by atoms with Crippen LogP contribution in [-0.4, -0.2) is 40.0 Å². The Balaban J connectivity index is 1.47. The lowest BCUT2D eigenvalue weighted by molar-refractivity contribution is -0.211. The molecule has 7 nitrogen and oxygen atoms in total. The summed E-state index contributed by atoms with van der Waals surface area (Å²) < 4.78 is 6.04. The monoisotopic (exact) mass is 598 g/mol. The normalized spacial score (nSPS) is 45.4. The molecular weight excluding hydrogens is 544 g/mol. The van der Waals surface area contributed by atoms with Gasteiger partial charge < -0.3 is 14.9 Å². The molecular formula is C36H54O7. The summed E-state index contributed by atoms with van der Waals surface area (Å²) in [5.74, 6) is -1.93. The van der Waals surface area contributed by atoms with Crippen molar-refractivity contribution in [3.63, 3.8) is 0 Å². The Morgan fingerprint density at radius 1 is 0.907 bits per heavy atom. The minimum absolute atomic E-state index is 0.0179. The van der Waals surface area contributed by atoms with Crippen molar-refractivity contribution in [2.24, 2.45) is 55.7 Å². The Bertz CT molecular complexity index is 1280. The van der Waals surface area contributed by atoms with Gasteiger partial charge in [0, 0.05) is 11.3 Å². The number of ether oxygens (including phenoxy) is 1. The second-order valence-corrected chi connectivity index (χ2v) is 17.8. The van der Waals surface area contributed by atoms with Crippen molar-refractivity contribution >= 4 is 23.7 Å². The second kappa shape index (κ2) is 9.66. The smallest absolute Gasteiger partial charge is 0.309 e. The standard InChI is InChI=1S/C36H54O7/c1-30(2,28(39)40)20-26(38)43-25-11-12-34(7)24(31(25,3)4)10-13-36(9)27(34)23(37)18-21-22-19-33(6,29(41)42)15-14-32(22,5)16-17-35(21,36)8/h18,22,24-25,27H,10-17,19-20H2,1-9H3,(H,39,40)(H,41,42)/t22-,24?,25-,27+,32+,33-,34-,35+,36+/m0/s1. The molecule has 240 valence electrons. The molecule has 5 aliphatic rings. The number of rotatable bonds is 5. The van der Waals surface area contributed by atoms with Gasteiger partial charge in [0.25, 0.3) is 0 Å². The maximum atomic E-state index is 14.5. The summed E-state index contributed by atoms with van der Waals surface area (Å²) in [5.41, 5.74) is -1.81. The van der Waals surface area contributed by atoms with Crippen LogP contribution in [0.5, 0.6) is 0 Å². The van der Waals surface area contributed by atoms with E-state index < -0.39 is 28.7 Å². The van der Waals surface area contributed by atoms with Crippen LogP contribution in [0.15, 0.2) is 11.6 Å². The third-order valence-electron chi connectivity index (χ3n) is 14.5. The highest BCUT2D eigenvalue weighted by molar-refractivity contribution is 5.95. The van der Waals surface area contributed by atoms with Crippen LogP contribution < -0.4 is 0 Å². The first-order valence-electron chi connectivity index (χ1n) is 16.5. The highest BCUT2D eigenvalue weighted by atomic mass is 16.5. The van der Waals surface area contributed by atoms with Gasteiger partial charge in [-0.1, -0.05) is 47.1 Å². The Morgan fingerprint density at radius 3 is 2.14 bits per heavy atom. The number of carbonyl (C=O) groups excluding carboxylic acids is 2. The third kappa shape index (κ3) is 4.47. The quantitative estimate of drug-likeness (QED) is 0.315. The van der Waals surface area contributed by atoms with Crippen LogP contribution in [-0.2, 0) is 23.9 Å². The van der Waals surface area contributed by atoms with Crippen LogP contribution in [0.4, 0.5) is 0 Å². The maximum absolute atomic E-state index is 14.5. The van der Waals surface area contributed by atoms with Crippen molar-refractivity contribution < 1.29 is 34.1 Å². The van der Waals surface area contributed by atoms with Gasteiger partial charge >= 0.3 is 17.9 Å². The number of hydrogen-bond donors (Lipinski definition) is 2. The zero-order chi connectivity index (χ0) is 32.2. The lowest BCUT2D eigenvalue weighted by Crippen LogP contribution is -2.66. The van der Waals surface area contributed by atoms with Gasteiger partial charge in [-0.15, -0.1) is 0 Å². The fourth-order valence-electron chi connectivity index (χ4n) is 11.2. The topological polar surface area (TPSA) is 118 Å². The van der Waals surface area contributed by atoms with Gasteiger partial charge in [0.1, 0.15) is 6.10 Å². The summed E-state index contributed by atoms with van der Waals surface area (Å²) in [6, 6.07) is 0. The molecule has 0 heterocycles. The SMILES string of the molecule is CC(C)(CC(=O)O[C@H]1CC[C@@]2(C)C(CC[C@]3(C)[C@@H]2C(=O)C=C2[C@@H]4C[C@@](C)(C(=O)O)CC[C@]4(C)CC[C@]23C)C1(C)C)C(=O)O. The first-order valence-corrected chi connectivity index (χ1v) is 16.5. The average Bonchev–Trinajstić information content (AvgIpc) is 2.87. The predicted molar refractivity (Wildman–Crippen MR) is 163 cm³/mol. The predicted octanol–water partition coefficient (Wildman–Crippen LogP) is 7.46. The molecule has 9 atom stereocenters. The molecule has 0 saturated heterocycles. The number of ketones is 1. The van der Waals surface area contributed by atoms with Gasteiger partial charge in [0.2, 0.25) is 0 Å². The number of hydrogen-bond acceptors (Lipinski definition) is 5. The van der Waals surface area contributed by atoms with Crippen molar-refractivity contribution in [1.29, 1.82) is 0 Å². The van der Waals surface area contributed by atoms with E-state index in [0.29, 0.717) is 19.3 Å². The summed E-state index contributed by atoms with van der Waals surface area (Å²) in [6.07, 6.45) is 8.91. The molecule has 5 aliphatic carbocycles. The molecule has 2 N–H and O–H groups in total. The molecule has 0 aliphatic heterocycles. The van der Waals surface area contributed by atoms with Crippen LogP contribution >= 0.6 is 0 Å². The van der Waals surface area contributed by atoms with E-state index in [1.165, 1.54) is 5.57 Å². The Morgan fingerprint density at radius 2 is 1.53 bits per heavy atom. The summed E-state index contributed by atoms with van der Waals surface area (Å²) in [6.45, 7) is 18.6. The largest absolute Gasteiger partial charge is 0.481 e. The van der Waals surface area contributed by atoms with Crippen molar-refractivity contribution in [3.05, 3.63) is 11.6 Å². The van der Waals surface area contributed by atoms with Gasteiger partial charge in [0.15, 0.2) is 5.78 Å². The molecule has 1 unspecified atom stereocenters. The Labute approximate surface area is 257 Å². The average molecular weight is 599 g/mol. The highest BCUT2D eigenvalue weighted by Gasteiger charge is 2.70. The number of fused-ring (bicyclic) bond motifs is 7. The molecule has 0 aromatic rings. The van der Waals surface area contributed by atoms with E-state index in [2.05, 4.69) is 41.5 Å². The minimum atomic E-state index is -1.19. The highest BCUT2D eigenvalue weighted by Crippen LogP contribution is 2.75. The van der Waals surface area contributed by atoms with Crippen molar-refractivity contribution in [2.75, 3.05) is 0 Å². The molecule has 0 amide bonds. The lowest BCUT2D eigenvalue weighted by Gasteiger charge is -2.70. The van der Waals surface area contributed by atoms with Crippen LogP contribution in [0, 0.1) is 55.7 Å². The summed E-state index contributed by atoms with van der Waals surface area (Å²) in [5, 5.41) is 19.7. The summed E-state index contributed by atoms with van der Waals surface area (Å²) in [7, 11) is 0. The van der Waals surface area contributed by atoms with E-state index in [4.69, 9.17) is 4.74 Å². The molecule has 5 rings (SSSR count). The zero-order valence-corrected chi connectivity index (χ0v) is 27.9. The molecule has 0 spiro atoms. The third-order valence-corrected chi connectivity index (χ3v) is 14.5.